The first-order valence-corrected chi connectivity index (χ1v) is 5.30. The third-order valence-electron chi connectivity index (χ3n) is 3.04. The van der Waals surface area contributed by atoms with Crippen molar-refractivity contribution in [3.63, 3.8) is 0 Å². The van der Waals surface area contributed by atoms with E-state index in [1.54, 1.807) is 10.8 Å². The predicted octanol–water partition coefficient (Wildman–Crippen LogP) is -0.327. The van der Waals surface area contributed by atoms with Crippen LogP contribution < -0.4 is 10.3 Å². The molecule has 0 aliphatic carbocycles. The molecule has 1 N–H and O–H groups in total. The summed E-state index contributed by atoms with van der Waals surface area (Å²) in [6, 6.07) is 1.57. The molecular formula is C10H12N2O4. The van der Waals surface area contributed by atoms with Gasteiger partial charge in [0.15, 0.2) is 12.3 Å². The van der Waals surface area contributed by atoms with E-state index in [-0.39, 0.29) is 23.9 Å². The highest BCUT2D eigenvalue weighted by Crippen LogP contribution is 2.39. The fourth-order valence-electron chi connectivity index (χ4n) is 2.21. The Morgan fingerprint density at radius 2 is 2.44 bits per heavy atom. The summed E-state index contributed by atoms with van der Waals surface area (Å²) in [6.07, 6.45) is 0.581. The lowest BCUT2D eigenvalue weighted by molar-refractivity contribution is -0.0184. The Hall–Kier alpha value is -1.40. The zero-order chi connectivity index (χ0) is 11.3. The van der Waals surface area contributed by atoms with Gasteiger partial charge in [0.25, 0.3) is 5.56 Å². The summed E-state index contributed by atoms with van der Waals surface area (Å²) >= 11 is 0. The minimum absolute atomic E-state index is 0.219. The number of hydrogen-bond donors (Lipinski definition) is 1. The third kappa shape index (κ3) is 1.20. The Morgan fingerprint density at radius 3 is 3.19 bits per heavy atom. The van der Waals surface area contributed by atoms with Gasteiger partial charge in [-0.2, -0.15) is 4.98 Å². The first-order valence-electron chi connectivity index (χ1n) is 5.30. The number of fused-ring (bicyclic) bond motifs is 3. The van der Waals surface area contributed by atoms with Crippen molar-refractivity contribution in [2.24, 2.45) is 0 Å². The number of aromatic nitrogens is 2. The number of aliphatic hydroxyl groups is 1. The summed E-state index contributed by atoms with van der Waals surface area (Å²) in [4.78, 5) is 14.8. The van der Waals surface area contributed by atoms with Crippen LogP contribution >= 0.6 is 0 Å². The van der Waals surface area contributed by atoms with Crippen LogP contribution in [0.25, 0.3) is 0 Å². The Bertz CT molecular complexity index is 472. The lowest BCUT2D eigenvalue weighted by Gasteiger charge is -2.14. The molecule has 4 atom stereocenters. The van der Waals surface area contributed by atoms with Crippen LogP contribution in [0.3, 0.4) is 0 Å². The molecule has 0 radical (unpaired) electrons. The molecule has 0 aromatic carbocycles. The van der Waals surface area contributed by atoms with E-state index in [1.165, 1.54) is 6.07 Å². The van der Waals surface area contributed by atoms with Gasteiger partial charge in [0, 0.05) is 12.3 Å². The molecule has 1 aromatic rings. The van der Waals surface area contributed by atoms with Crippen molar-refractivity contribution < 1.29 is 14.6 Å². The van der Waals surface area contributed by atoms with Crippen LogP contribution in [-0.2, 0) is 4.74 Å². The van der Waals surface area contributed by atoms with Crippen LogP contribution in [0.15, 0.2) is 17.1 Å². The summed E-state index contributed by atoms with van der Waals surface area (Å²) in [5, 5.41) is 9.93. The third-order valence-corrected chi connectivity index (χ3v) is 3.04. The summed E-state index contributed by atoms with van der Waals surface area (Å²) in [5.41, 5.74) is -0.354. The van der Waals surface area contributed by atoms with Gasteiger partial charge in [-0.1, -0.05) is 6.92 Å². The van der Waals surface area contributed by atoms with Crippen LogP contribution in [0.5, 0.6) is 6.01 Å². The predicted molar refractivity (Wildman–Crippen MR) is 53.1 cm³/mol. The van der Waals surface area contributed by atoms with Crippen molar-refractivity contribution in [1.29, 1.82) is 0 Å². The molecule has 0 amide bonds. The normalized spacial score (nSPS) is 35.6. The fourth-order valence-corrected chi connectivity index (χ4v) is 2.21. The lowest BCUT2D eigenvalue weighted by Crippen LogP contribution is -2.32. The van der Waals surface area contributed by atoms with Crippen molar-refractivity contribution in [2.45, 2.75) is 37.9 Å². The van der Waals surface area contributed by atoms with Crippen molar-refractivity contribution >= 4 is 0 Å². The zero-order valence-electron chi connectivity index (χ0n) is 8.74. The fraction of sp³-hybridized carbons (Fsp3) is 0.600. The van der Waals surface area contributed by atoms with Gasteiger partial charge >= 0.3 is 6.01 Å². The van der Waals surface area contributed by atoms with Gasteiger partial charge in [-0.15, -0.1) is 0 Å². The van der Waals surface area contributed by atoms with Crippen molar-refractivity contribution in [3.8, 4) is 6.01 Å². The molecule has 0 bridgehead atoms. The molecule has 6 heteroatoms. The van der Waals surface area contributed by atoms with Crippen LogP contribution in [0.1, 0.15) is 19.6 Å². The maximum absolute atomic E-state index is 11.0. The second-order valence-electron chi connectivity index (χ2n) is 4.00. The molecule has 3 heterocycles. The Morgan fingerprint density at radius 1 is 1.62 bits per heavy atom. The number of hydrogen-bond acceptors (Lipinski definition) is 5. The quantitative estimate of drug-likeness (QED) is 0.707. The van der Waals surface area contributed by atoms with Gasteiger partial charge in [-0.25, -0.2) is 0 Å². The van der Waals surface area contributed by atoms with Gasteiger partial charge < -0.3 is 14.6 Å². The van der Waals surface area contributed by atoms with E-state index in [9.17, 15) is 9.90 Å². The van der Waals surface area contributed by atoms with Crippen molar-refractivity contribution in [1.82, 2.24) is 9.55 Å². The van der Waals surface area contributed by atoms with E-state index in [1.807, 2.05) is 6.92 Å². The maximum atomic E-state index is 11.0. The van der Waals surface area contributed by atoms with Crippen molar-refractivity contribution in [3.05, 3.63) is 22.6 Å². The maximum Gasteiger partial charge on any atom is 0.302 e. The Kier molecular flexibility index (Phi) is 2.02. The van der Waals surface area contributed by atoms with Crippen LogP contribution in [0, 0.1) is 0 Å². The SMILES string of the molecule is CC[C@H]1O[C@@H]2[C@H](Oc3nc(=O)ccn32)C1O. The highest BCUT2D eigenvalue weighted by Gasteiger charge is 2.50. The van der Waals surface area contributed by atoms with E-state index in [0.717, 1.165) is 6.42 Å². The molecule has 1 fully saturated rings. The number of aliphatic hydroxyl groups excluding tert-OH is 1. The second-order valence-corrected chi connectivity index (χ2v) is 4.00. The molecule has 1 unspecified atom stereocenters. The number of nitrogens with zero attached hydrogens (tertiary/aromatic N) is 2. The average Bonchev–Trinajstić information content (AvgIpc) is 2.75. The van der Waals surface area contributed by atoms with Gasteiger partial charge in [-0.05, 0) is 6.42 Å². The molecule has 2 aliphatic rings. The molecule has 2 aliphatic heterocycles. The van der Waals surface area contributed by atoms with E-state index in [4.69, 9.17) is 9.47 Å². The van der Waals surface area contributed by atoms with E-state index < -0.39 is 12.2 Å². The van der Waals surface area contributed by atoms with Crippen LogP contribution in [0.2, 0.25) is 0 Å². The first kappa shape index (κ1) is 9.80. The molecule has 1 aromatic heterocycles. The van der Waals surface area contributed by atoms with Crippen LogP contribution in [0.4, 0.5) is 0 Å². The lowest BCUT2D eigenvalue weighted by atomic mass is 10.1. The Balaban J connectivity index is 1.99. The van der Waals surface area contributed by atoms with E-state index in [2.05, 4.69) is 4.98 Å². The second kappa shape index (κ2) is 3.29. The minimum Gasteiger partial charge on any atom is -0.453 e. The highest BCUT2D eigenvalue weighted by atomic mass is 16.6. The molecule has 1 saturated heterocycles. The van der Waals surface area contributed by atoms with Gasteiger partial charge in [-0.3, -0.25) is 9.36 Å². The Labute approximate surface area is 91.4 Å². The number of rotatable bonds is 1. The van der Waals surface area contributed by atoms with Gasteiger partial charge in [0.2, 0.25) is 0 Å². The van der Waals surface area contributed by atoms with E-state index >= 15 is 0 Å². The molecular weight excluding hydrogens is 212 g/mol. The van der Waals surface area contributed by atoms with Gasteiger partial charge in [0.1, 0.15) is 6.10 Å². The standard InChI is InChI=1S/C10H12N2O4/c1-2-5-7(14)8-9(15-5)12-4-3-6(13)11-10(12)16-8/h3-5,7-9,14H,2H2,1H3/t5-,7?,8-,9-/m1/s1. The molecule has 16 heavy (non-hydrogen) atoms. The summed E-state index contributed by atoms with van der Waals surface area (Å²) < 4.78 is 12.7. The summed E-state index contributed by atoms with van der Waals surface area (Å²) in [6.45, 7) is 1.94. The smallest absolute Gasteiger partial charge is 0.302 e. The summed E-state index contributed by atoms with van der Waals surface area (Å²) in [7, 11) is 0. The minimum atomic E-state index is -0.674. The largest absolute Gasteiger partial charge is 0.453 e. The molecule has 3 rings (SSSR count). The molecule has 86 valence electrons. The molecule has 0 saturated carbocycles. The molecule has 0 spiro atoms. The topological polar surface area (TPSA) is 73.6 Å². The van der Waals surface area contributed by atoms with E-state index in [0.29, 0.717) is 0 Å². The first-order chi connectivity index (χ1) is 7.70. The molecule has 6 nitrogen and oxygen atoms in total. The van der Waals surface area contributed by atoms with Gasteiger partial charge in [0.05, 0.1) is 6.10 Å². The average molecular weight is 224 g/mol. The zero-order valence-corrected chi connectivity index (χ0v) is 8.74. The summed E-state index contributed by atoms with van der Waals surface area (Å²) in [5.74, 6) is 0. The highest BCUT2D eigenvalue weighted by molar-refractivity contribution is 5.10. The monoisotopic (exact) mass is 224 g/mol. The number of ether oxygens (including phenoxy) is 2. The van der Waals surface area contributed by atoms with Crippen LogP contribution in [-0.4, -0.2) is 33.0 Å². The van der Waals surface area contributed by atoms with Crippen molar-refractivity contribution in [2.75, 3.05) is 0 Å².